The summed E-state index contributed by atoms with van der Waals surface area (Å²) in [6.45, 7) is 4.09. The number of hydrogen-bond donors (Lipinski definition) is 1. The molecule has 0 unspecified atom stereocenters. The molecule has 0 aliphatic heterocycles. The summed E-state index contributed by atoms with van der Waals surface area (Å²) in [5.74, 6) is 0.390. The molecule has 0 fully saturated rings. The van der Waals surface area contributed by atoms with Crippen molar-refractivity contribution < 1.29 is 9.13 Å². The molecule has 152 valence electrons. The summed E-state index contributed by atoms with van der Waals surface area (Å²) in [6.07, 6.45) is 0. The molecule has 0 saturated heterocycles. The smallest absolute Gasteiger partial charge is 0.300 e. The van der Waals surface area contributed by atoms with E-state index in [-0.39, 0.29) is 5.82 Å². The molecule has 0 aliphatic carbocycles. The number of nitrogens with one attached hydrogen (secondary N) is 1. The van der Waals surface area contributed by atoms with Crippen molar-refractivity contribution in [2.45, 2.75) is 13.8 Å². The number of hydrogen-bond acceptors (Lipinski definition) is 2. The van der Waals surface area contributed by atoms with Crippen LogP contribution in [0.2, 0.25) is 0 Å². The maximum Gasteiger partial charge on any atom is 0.300 e. The zero-order valence-electron chi connectivity index (χ0n) is 17.3. The largest absolute Gasteiger partial charge is 0.426 e. The topological polar surface area (TPSA) is 37.9 Å². The van der Waals surface area contributed by atoms with E-state index in [9.17, 15) is 4.39 Å². The van der Waals surface area contributed by atoms with Crippen LogP contribution in [-0.4, -0.2) is 9.97 Å². The molecule has 0 aliphatic rings. The summed E-state index contributed by atoms with van der Waals surface area (Å²) in [5, 5.41) is 0. The number of nitrogens with zero attached hydrogens (tertiary/aromatic N) is 1. The van der Waals surface area contributed by atoms with Gasteiger partial charge in [-0.3, -0.25) is 0 Å². The molecule has 4 heteroatoms. The van der Waals surface area contributed by atoms with Crippen molar-refractivity contribution in [1.29, 1.82) is 0 Å². The van der Waals surface area contributed by atoms with E-state index < -0.39 is 0 Å². The molecule has 0 amide bonds. The summed E-state index contributed by atoms with van der Waals surface area (Å²) in [5.41, 5.74) is 7.13. The Balaban J connectivity index is 1.46. The molecule has 5 rings (SSSR count). The highest BCUT2D eigenvalue weighted by Crippen LogP contribution is 2.31. The average Bonchev–Trinajstić information content (AvgIpc) is 3.17. The number of aromatic amines is 1. The number of rotatable bonds is 4. The second-order valence-corrected chi connectivity index (χ2v) is 7.68. The summed E-state index contributed by atoms with van der Waals surface area (Å²) < 4.78 is 20.7. The van der Waals surface area contributed by atoms with Crippen LogP contribution in [0.3, 0.4) is 0 Å². The zero-order chi connectivity index (χ0) is 21.4. The lowest BCUT2D eigenvalue weighted by Crippen LogP contribution is -1.88. The van der Waals surface area contributed by atoms with E-state index in [1.54, 1.807) is 6.07 Å². The van der Waals surface area contributed by atoms with Gasteiger partial charge in [-0.25, -0.2) is 4.39 Å². The van der Waals surface area contributed by atoms with Gasteiger partial charge < -0.3 is 9.72 Å². The van der Waals surface area contributed by atoms with Crippen LogP contribution < -0.4 is 4.74 Å². The second kappa shape index (κ2) is 7.73. The summed E-state index contributed by atoms with van der Waals surface area (Å²) in [7, 11) is 0. The number of ether oxygens (including phenoxy) is 1. The van der Waals surface area contributed by atoms with Crippen LogP contribution in [0.4, 0.5) is 4.39 Å². The lowest BCUT2D eigenvalue weighted by molar-refractivity contribution is 0.449. The minimum atomic E-state index is -0.304. The van der Waals surface area contributed by atoms with Gasteiger partial charge in [0.2, 0.25) is 0 Å². The van der Waals surface area contributed by atoms with Crippen molar-refractivity contribution >= 4 is 11.0 Å². The molecule has 1 N–H and O–H groups in total. The Morgan fingerprint density at radius 1 is 0.742 bits per heavy atom. The first-order chi connectivity index (χ1) is 15.1. The fourth-order valence-corrected chi connectivity index (χ4v) is 3.64. The van der Waals surface area contributed by atoms with Gasteiger partial charge in [-0.2, -0.15) is 4.98 Å². The molecule has 0 atom stereocenters. The van der Waals surface area contributed by atoms with Crippen molar-refractivity contribution in [2.24, 2.45) is 0 Å². The average molecular weight is 408 g/mol. The zero-order valence-corrected chi connectivity index (χ0v) is 17.3. The van der Waals surface area contributed by atoms with Gasteiger partial charge in [0.1, 0.15) is 11.6 Å². The van der Waals surface area contributed by atoms with Crippen LogP contribution in [0.5, 0.6) is 11.8 Å². The SMILES string of the molecule is Cc1ccc(Oc2nc3cc(-c4ccc(-c5ccccc5)cc4)c(F)cc3[nH]2)cc1C. The first kappa shape index (κ1) is 19.1. The molecule has 0 bridgehead atoms. The summed E-state index contributed by atoms with van der Waals surface area (Å²) in [6, 6.07) is 27.4. The highest BCUT2D eigenvalue weighted by atomic mass is 19.1. The fourth-order valence-electron chi connectivity index (χ4n) is 3.64. The van der Waals surface area contributed by atoms with E-state index >= 15 is 0 Å². The minimum absolute atomic E-state index is 0.304. The monoisotopic (exact) mass is 408 g/mol. The molecule has 0 radical (unpaired) electrons. The quantitative estimate of drug-likeness (QED) is 0.335. The van der Waals surface area contributed by atoms with Crippen molar-refractivity contribution in [3.8, 4) is 34.0 Å². The Kier molecular flexibility index (Phi) is 4.75. The van der Waals surface area contributed by atoms with E-state index in [0.29, 0.717) is 28.4 Å². The molecule has 4 aromatic carbocycles. The van der Waals surface area contributed by atoms with Crippen molar-refractivity contribution in [3.05, 3.63) is 102 Å². The molecule has 0 spiro atoms. The van der Waals surface area contributed by atoms with Gasteiger partial charge in [0.05, 0.1) is 11.0 Å². The Morgan fingerprint density at radius 3 is 2.19 bits per heavy atom. The maximum absolute atomic E-state index is 14.9. The minimum Gasteiger partial charge on any atom is -0.426 e. The highest BCUT2D eigenvalue weighted by Gasteiger charge is 2.12. The number of benzene rings is 4. The molecule has 5 aromatic rings. The second-order valence-electron chi connectivity index (χ2n) is 7.68. The number of aromatic nitrogens is 2. The Labute approximate surface area is 180 Å². The first-order valence-corrected chi connectivity index (χ1v) is 10.2. The van der Waals surface area contributed by atoms with Crippen LogP contribution in [0.25, 0.3) is 33.3 Å². The maximum atomic E-state index is 14.9. The Morgan fingerprint density at radius 2 is 1.45 bits per heavy atom. The van der Waals surface area contributed by atoms with Gasteiger partial charge in [-0.05, 0) is 59.9 Å². The van der Waals surface area contributed by atoms with Gasteiger partial charge in [0.15, 0.2) is 0 Å². The standard InChI is InChI=1S/C27H21FN2O/c1-17-8-13-22(14-18(17)2)31-27-29-25-15-23(24(28)16-26(25)30-27)21-11-9-20(10-12-21)19-6-4-3-5-7-19/h3-16H,1-2H3,(H,29,30). The van der Waals surface area contributed by atoms with Crippen LogP contribution in [0.1, 0.15) is 11.1 Å². The Bertz CT molecular complexity index is 1370. The third kappa shape index (κ3) is 3.80. The van der Waals surface area contributed by atoms with Gasteiger partial charge in [-0.1, -0.05) is 60.7 Å². The summed E-state index contributed by atoms with van der Waals surface area (Å²) in [4.78, 5) is 7.56. The molecular weight excluding hydrogens is 387 g/mol. The number of aryl methyl sites for hydroxylation is 2. The molecular formula is C27H21FN2O. The van der Waals surface area contributed by atoms with E-state index in [2.05, 4.69) is 29.0 Å². The normalized spacial score (nSPS) is 11.1. The molecule has 1 heterocycles. The van der Waals surface area contributed by atoms with Gasteiger partial charge in [-0.15, -0.1) is 0 Å². The van der Waals surface area contributed by atoms with Gasteiger partial charge in [0.25, 0.3) is 6.01 Å². The van der Waals surface area contributed by atoms with Gasteiger partial charge in [0, 0.05) is 11.6 Å². The lowest BCUT2D eigenvalue weighted by Gasteiger charge is -2.06. The molecule has 3 nitrogen and oxygen atoms in total. The first-order valence-electron chi connectivity index (χ1n) is 10.2. The predicted molar refractivity (Wildman–Crippen MR) is 123 cm³/mol. The van der Waals surface area contributed by atoms with Crippen molar-refractivity contribution in [1.82, 2.24) is 9.97 Å². The van der Waals surface area contributed by atoms with E-state index in [0.717, 1.165) is 22.3 Å². The highest BCUT2D eigenvalue weighted by molar-refractivity contribution is 5.83. The third-order valence-electron chi connectivity index (χ3n) is 5.54. The third-order valence-corrected chi connectivity index (χ3v) is 5.54. The van der Waals surface area contributed by atoms with Crippen LogP contribution in [-0.2, 0) is 0 Å². The number of imidazole rings is 1. The lowest BCUT2D eigenvalue weighted by atomic mass is 10.00. The van der Waals surface area contributed by atoms with E-state index in [4.69, 9.17) is 4.74 Å². The fraction of sp³-hybridized carbons (Fsp3) is 0.0741. The molecule has 0 saturated carbocycles. The predicted octanol–water partition coefficient (Wildman–Crippen LogP) is 7.45. The van der Waals surface area contributed by atoms with E-state index in [1.165, 1.54) is 11.6 Å². The van der Waals surface area contributed by atoms with Crippen molar-refractivity contribution in [3.63, 3.8) is 0 Å². The molecule has 31 heavy (non-hydrogen) atoms. The summed E-state index contributed by atoms with van der Waals surface area (Å²) >= 11 is 0. The van der Waals surface area contributed by atoms with Crippen molar-refractivity contribution in [2.75, 3.05) is 0 Å². The molecule has 1 aromatic heterocycles. The van der Waals surface area contributed by atoms with E-state index in [1.807, 2.05) is 67.6 Å². The Hall–Kier alpha value is -3.92. The number of H-pyrrole nitrogens is 1. The number of halogens is 1. The van der Waals surface area contributed by atoms with Crippen LogP contribution in [0.15, 0.2) is 84.9 Å². The van der Waals surface area contributed by atoms with Gasteiger partial charge >= 0.3 is 0 Å². The van der Waals surface area contributed by atoms with Crippen LogP contribution >= 0.6 is 0 Å². The van der Waals surface area contributed by atoms with Crippen LogP contribution in [0, 0.1) is 19.7 Å². The number of fused-ring (bicyclic) bond motifs is 1.